The first-order valence-electron chi connectivity index (χ1n) is 12.3. The Kier molecular flexibility index (Phi) is 13.8. The molecule has 3 nitrogen and oxygen atoms in total. The van der Waals surface area contributed by atoms with Gasteiger partial charge in [-0.1, -0.05) is 85.8 Å². The zero-order chi connectivity index (χ0) is 27.1. The molecular weight excluding hydrogens is 449 g/mol. The summed E-state index contributed by atoms with van der Waals surface area (Å²) in [6.45, 7) is 14.9. The number of hydrogen-bond acceptors (Lipinski definition) is 3. The van der Waals surface area contributed by atoms with Gasteiger partial charge in [-0.2, -0.15) is 0 Å². The number of aliphatic hydroxyl groups excluding tert-OH is 1. The molecule has 0 saturated heterocycles. The topological polar surface area (TPSA) is 41.8 Å². The van der Waals surface area contributed by atoms with Gasteiger partial charge in [0.1, 0.15) is 12.9 Å². The van der Waals surface area contributed by atoms with Crippen molar-refractivity contribution in [3.63, 3.8) is 0 Å². The molecule has 36 heavy (non-hydrogen) atoms. The lowest BCUT2D eigenvalue weighted by Crippen LogP contribution is -1.91. The molecular formula is C32H40FNO2. The van der Waals surface area contributed by atoms with Crippen molar-refractivity contribution in [1.82, 2.24) is 0 Å². The molecule has 0 amide bonds. The summed E-state index contributed by atoms with van der Waals surface area (Å²) >= 11 is 0. The van der Waals surface area contributed by atoms with Gasteiger partial charge in [0.25, 0.3) is 0 Å². The maximum Gasteiger partial charge on any atom is 0.126 e. The summed E-state index contributed by atoms with van der Waals surface area (Å²) in [6, 6.07) is 19.9. The lowest BCUT2D eigenvalue weighted by atomic mass is 10.0. The van der Waals surface area contributed by atoms with E-state index in [0.717, 1.165) is 28.7 Å². The number of benzene rings is 3. The van der Waals surface area contributed by atoms with E-state index in [1.807, 2.05) is 70.2 Å². The molecule has 4 heteroatoms. The molecule has 0 aromatic heterocycles. The number of oxime groups is 1. The van der Waals surface area contributed by atoms with Crippen molar-refractivity contribution in [2.75, 3.05) is 7.11 Å². The molecule has 1 atom stereocenters. The average molecular weight is 490 g/mol. The summed E-state index contributed by atoms with van der Waals surface area (Å²) in [5.74, 6) is -0.0933. The van der Waals surface area contributed by atoms with Crippen LogP contribution in [-0.2, 0) is 11.3 Å². The molecule has 0 spiro atoms. The average Bonchev–Trinajstić information content (AvgIpc) is 3.30. The molecule has 0 heterocycles. The zero-order valence-corrected chi connectivity index (χ0v) is 22.7. The van der Waals surface area contributed by atoms with E-state index in [4.69, 9.17) is 5.11 Å². The first-order chi connectivity index (χ1) is 17.3. The number of hydrogen-bond donors (Lipinski definition) is 1. The van der Waals surface area contributed by atoms with Crippen LogP contribution in [-0.4, -0.2) is 24.5 Å². The van der Waals surface area contributed by atoms with Gasteiger partial charge < -0.3 is 9.94 Å². The Bertz CT molecular complexity index is 1150. The molecule has 0 saturated carbocycles. The zero-order valence-electron chi connectivity index (χ0n) is 22.7. The second-order valence-electron chi connectivity index (χ2n) is 7.98. The molecule has 0 fully saturated rings. The number of aryl methyl sites for hydroxylation is 1. The van der Waals surface area contributed by atoms with Crippen LogP contribution in [0.3, 0.4) is 0 Å². The van der Waals surface area contributed by atoms with Gasteiger partial charge in [-0.25, -0.2) is 4.39 Å². The molecule has 1 aliphatic rings. The molecule has 0 bridgehead atoms. The van der Waals surface area contributed by atoms with Crippen molar-refractivity contribution in [2.24, 2.45) is 5.16 Å². The normalized spacial score (nSPS) is 12.0. The lowest BCUT2D eigenvalue weighted by Gasteiger charge is -2.04. The Morgan fingerprint density at radius 3 is 2.17 bits per heavy atom. The van der Waals surface area contributed by atoms with Crippen molar-refractivity contribution >= 4 is 11.8 Å². The van der Waals surface area contributed by atoms with Gasteiger partial charge in [0.05, 0.1) is 12.3 Å². The van der Waals surface area contributed by atoms with Gasteiger partial charge in [-0.05, 0) is 84.7 Å². The first kappa shape index (κ1) is 30.5. The highest BCUT2D eigenvalue weighted by Gasteiger charge is 2.22. The Hall–Kier alpha value is -3.50. The molecule has 1 unspecified atom stereocenters. The first-order valence-corrected chi connectivity index (χ1v) is 12.3. The minimum atomic E-state index is -0.352. The summed E-state index contributed by atoms with van der Waals surface area (Å²) < 4.78 is 13.5. The second-order valence-corrected chi connectivity index (χ2v) is 7.98. The highest BCUT2D eigenvalue weighted by Crippen LogP contribution is 2.40. The van der Waals surface area contributed by atoms with E-state index >= 15 is 0 Å². The molecule has 192 valence electrons. The molecule has 4 rings (SSSR count). The van der Waals surface area contributed by atoms with E-state index in [1.165, 1.54) is 35.4 Å². The van der Waals surface area contributed by atoms with Gasteiger partial charge >= 0.3 is 0 Å². The van der Waals surface area contributed by atoms with Crippen LogP contribution in [0.5, 0.6) is 0 Å². The number of fused-ring (bicyclic) bond motifs is 3. The molecule has 3 aromatic rings. The van der Waals surface area contributed by atoms with Crippen LogP contribution in [0.1, 0.15) is 55.5 Å². The molecule has 1 aliphatic carbocycles. The fraction of sp³-hybridized carbons (Fsp3) is 0.281. The molecule has 3 aromatic carbocycles. The largest absolute Gasteiger partial charge is 0.399 e. The Morgan fingerprint density at radius 1 is 1.00 bits per heavy atom. The van der Waals surface area contributed by atoms with Crippen LogP contribution in [0.2, 0.25) is 0 Å². The van der Waals surface area contributed by atoms with Crippen molar-refractivity contribution in [1.29, 1.82) is 0 Å². The number of aliphatic hydroxyl groups is 1. The molecule has 1 N–H and O–H groups in total. The molecule has 0 radical (unpaired) electrons. The van der Waals surface area contributed by atoms with Crippen molar-refractivity contribution < 1.29 is 14.3 Å². The van der Waals surface area contributed by atoms with Gasteiger partial charge in [-0.15, -0.1) is 6.58 Å². The third-order valence-electron chi connectivity index (χ3n) is 5.64. The predicted molar refractivity (Wildman–Crippen MR) is 153 cm³/mol. The fourth-order valence-electron chi connectivity index (χ4n) is 3.63. The summed E-state index contributed by atoms with van der Waals surface area (Å²) in [6.07, 6.45) is 5.70. The van der Waals surface area contributed by atoms with E-state index in [-0.39, 0.29) is 11.9 Å². The maximum absolute atomic E-state index is 13.5. The number of halogens is 1. The van der Waals surface area contributed by atoms with E-state index in [1.54, 1.807) is 19.2 Å². The van der Waals surface area contributed by atoms with E-state index in [9.17, 15) is 4.39 Å². The van der Waals surface area contributed by atoms with Gasteiger partial charge in [0.2, 0.25) is 0 Å². The maximum atomic E-state index is 13.5. The molecule has 0 aliphatic heterocycles. The van der Waals surface area contributed by atoms with Crippen molar-refractivity contribution in [3.05, 3.63) is 113 Å². The number of rotatable bonds is 4. The van der Waals surface area contributed by atoms with Gasteiger partial charge in [-0.3, -0.25) is 0 Å². The van der Waals surface area contributed by atoms with Crippen LogP contribution in [0, 0.1) is 19.7 Å². The van der Waals surface area contributed by atoms with Crippen molar-refractivity contribution in [2.45, 2.75) is 54.1 Å². The van der Waals surface area contributed by atoms with E-state index < -0.39 is 0 Å². The monoisotopic (exact) mass is 489 g/mol. The Morgan fingerprint density at radius 2 is 1.61 bits per heavy atom. The smallest absolute Gasteiger partial charge is 0.126 e. The van der Waals surface area contributed by atoms with Gasteiger partial charge in [0, 0.05) is 0 Å². The minimum absolute atomic E-state index is 0.0933. The van der Waals surface area contributed by atoms with E-state index in [2.05, 4.69) is 41.7 Å². The Labute approximate surface area is 216 Å². The van der Waals surface area contributed by atoms with Crippen LogP contribution >= 0.6 is 0 Å². The second kappa shape index (κ2) is 16.2. The Balaban J connectivity index is 0.000000292. The standard InChI is InChI=1S/C15H13F.C11H13NO.C4H8O.C2H6/c1-9-4-3-5-11-12-6-7-15(16)10(2)14(12)8-13(9)11;1-3-10(9-12-13-2)11-7-5-4-6-8-11;1-3-4(2)5;1-2/h3-7H,8H2,1-2H3;3-9H,1-2H3;3-5H,1H2,2H3;1-2H3/b;10-3+,12-9+;;. The fourth-order valence-corrected chi connectivity index (χ4v) is 3.63. The summed E-state index contributed by atoms with van der Waals surface area (Å²) in [5.41, 5.74) is 9.29. The van der Waals surface area contributed by atoms with Crippen LogP contribution in [0.25, 0.3) is 16.7 Å². The predicted octanol–water partition coefficient (Wildman–Crippen LogP) is 8.32. The van der Waals surface area contributed by atoms with Crippen molar-refractivity contribution in [3.8, 4) is 11.1 Å². The summed E-state index contributed by atoms with van der Waals surface area (Å²) in [4.78, 5) is 4.62. The third-order valence-corrected chi connectivity index (χ3v) is 5.64. The highest BCUT2D eigenvalue weighted by atomic mass is 19.1. The van der Waals surface area contributed by atoms with Crippen LogP contribution in [0.4, 0.5) is 4.39 Å². The summed E-state index contributed by atoms with van der Waals surface area (Å²) in [7, 11) is 1.54. The van der Waals surface area contributed by atoms with Crippen LogP contribution in [0.15, 0.2) is 84.6 Å². The number of allylic oxidation sites excluding steroid dienone is 2. The van der Waals surface area contributed by atoms with E-state index in [0.29, 0.717) is 0 Å². The van der Waals surface area contributed by atoms with Crippen LogP contribution < -0.4 is 0 Å². The minimum Gasteiger partial charge on any atom is -0.399 e. The number of nitrogens with zero attached hydrogens (tertiary/aromatic N) is 1. The van der Waals surface area contributed by atoms with Gasteiger partial charge in [0.15, 0.2) is 0 Å². The summed E-state index contributed by atoms with van der Waals surface area (Å²) in [5, 5.41) is 12.0. The SMILES string of the molecule is C/C=C(\C=N\OC)c1ccccc1.C=CC(C)O.CC.Cc1cccc2c1Cc1c-2ccc(F)c1C. The quantitative estimate of drug-likeness (QED) is 0.178. The lowest BCUT2D eigenvalue weighted by molar-refractivity contribution is 0.216. The third kappa shape index (κ3) is 8.62. The highest BCUT2D eigenvalue weighted by molar-refractivity contribution is 6.09.